The number of amides is 1. The number of rotatable bonds is 4. The predicted molar refractivity (Wildman–Crippen MR) is 76.3 cm³/mol. The zero-order valence-corrected chi connectivity index (χ0v) is 11.1. The molecule has 0 fully saturated rings. The average Bonchev–Trinajstić information content (AvgIpc) is 3.06. The molecule has 0 saturated heterocycles. The van der Waals surface area contributed by atoms with Crippen LogP contribution in [0, 0.1) is 0 Å². The number of furan rings is 1. The summed E-state index contributed by atoms with van der Waals surface area (Å²) in [4.78, 5) is 24.0. The van der Waals surface area contributed by atoms with E-state index in [1.807, 2.05) is 0 Å². The Hall–Kier alpha value is -2.66. The third-order valence-corrected chi connectivity index (χ3v) is 3.40. The van der Waals surface area contributed by atoms with Crippen LogP contribution in [0.1, 0.15) is 17.7 Å². The molecule has 1 aliphatic heterocycles. The van der Waals surface area contributed by atoms with Gasteiger partial charge in [-0.25, -0.2) is 0 Å². The Morgan fingerprint density at radius 3 is 2.86 bits per heavy atom. The zero-order valence-electron chi connectivity index (χ0n) is 11.1. The second-order valence-corrected chi connectivity index (χ2v) is 4.85. The molecule has 1 amide bonds. The summed E-state index contributed by atoms with van der Waals surface area (Å²) in [6.07, 6.45) is 3.99. The molecule has 21 heavy (non-hydrogen) atoms. The van der Waals surface area contributed by atoms with Crippen LogP contribution in [0.5, 0.6) is 0 Å². The van der Waals surface area contributed by atoms with Crippen LogP contribution in [0.15, 0.2) is 53.2 Å². The van der Waals surface area contributed by atoms with Gasteiger partial charge in [0.05, 0.1) is 12.7 Å². The normalized spacial score (nSPS) is 20.5. The zero-order chi connectivity index (χ0) is 14.9. The largest absolute Gasteiger partial charge is 0.465 e. The lowest BCUT2D eigenvalue weighted by Gasteiger charge is -2.18. The van der Waals surface area contributed by atoms with Crippen LogP contribution in [0.3, 0.4) is 0 Å². The second kappa shape index (κ2) is 5.03. The Kier molecular flexibility index (Phi) is 3.19. The molecule has 0 bridgehead atoms. The fourth-order valence-corrected chi connectivity index (χ4v) is 2.35. The van der Waals surface area contributed by atoms with Gasteiger partial charge in [0.25, 0.3) is 5.91 Å². The molecule has 106 valence electrons. The van der Waals surface area contributed by atoms with Gasteiger partial charge in [0, 0.05) is 11.3 Å². The number of anilines is 1. The number of fused-ring (bicyclic) bond motifs is 1. The lowest BCUT2D eigenvalue weighted by Crippen LogP contribution is -2.36. The molecule has 2 aromatic rings. The summed E-state index contributed by atoms with van der Waals surface area (Å²) in [7, 11) is 0. The van der Waals surface area contributed by atoms with Crippen LogP contribution in [0.25, 0.3) is 6.08 Å². The molecule has 1 aliphatic rings. The minimum absolute atomic E-state index is 0.312. The summed E-state index contributed by atoms with van der Waals surface area (Å²) in [5.74, 6) is -0.407. The van der Waals surface area contributed by atoms with E-state index in [0.717, 1.165) is 0 Å². The first-order chi connectivity index (χ1) is 10.1. The molecule has 1 aromatic carbocycles. The van der Waals surface area contributed by atoms with Gasteiger partial charge in [0.15, 0.2) is 11.4 Å². The van der Waals surface area contributed by atoms with E-state index in [-0.39, 0.29) is 12.2 Å². The van der Waals surface area contributed by atoms with E-state index in [2.05, 4.69) is 5.32 Å². The summed E-state index contributed by atoms with van der Waals surface area (Å²) >= 11 is 0. The molecule has 0 saturated carbocycles. The standard InChI is InChI=1S/C16H13NO4/c18-11(7-8-12-4-3-9-21-12)10-16(20)13-5-1-2-6-14(13)17-15(16)19/h1-9,20H,10H2,(H,17,19)/b8-7+. The second-order valence-electron chi connectivity index (χ2n) is 4.85. The number of para-hydroxylation sites is 1. The number of hydrogen-bond donors (Lipinski definition) is 2. The molecule has 5 heteroatoms. The number of nitrogens with one attached hydrogen (secondary N) is 1. The van der Waals surface area contributed by atoms with E-state index in [1.165, 1.54) is 18.4 Å². The van der Waals surface area contributed by atoms with Crippen molar-refractivity contribution < 1.29 is 19.1 Å². The van der Waals surface area contributed by atoms with Crippen molar-refractivity contribution in [1.82, 2.24) is 0 Å². The maximum Gasteiger partial charge on any atom is 0.261 e. The van der Waals surface area contributed by atoms with Crippen LogP contribution in [0.4, 0.5) is 5.69 Å². The van der Waals surface area contributed by atoms with Gasteiger partial charge in [0.2, 0.25) is 0 Å². The van der Waals surface area contributed by atoms with Crippen LogP contribution >= 0.6 is 0 Å². The topological polar surface area (TPSA) is 79.5 Å². The molecule has 2 heterocycles. The summed E-state index contributed by atoms with van der Waals surface area (Å²) in [6, 6.07) is 10.2. The van der Waals surface area contributed by atoms with Crippen LogP contribution in [-0.4, -0.2) is 16.8 Å². The average molecular weight is 283 g/mol. The smallest absolute Gasteiger partial charge is 0.261 e. The van der Waals surface area contributed by atoms with E-state index in [4.69, 9.17) is 4.42 Å². The van der Waals surface area contributed by atoms with Crippen LogP contribution in [0.2, 0.25) is 0 Å². The Labute approximate surface area is 120 Å². The fourth-order valence-electron chi connectivity index (χ4n) is 2.35. The van der Waals surface area contributed by atoms with E-state index >= 15 is 0 Å². The van der Waals surface area contributed by atoms with Gasteiger partial charge in [-0.3, -0.25) is 9.59 Å². The Morgan fingerprint density at radius 2 is 2.10 bits per heavy atom. The fraction of sp³-hybridized carbons (Fsp3) is 0.125. The highest BCUT2D eigenvalue weighted by atomic mass is 16.3. The minimum atomic E-state index is -1.82. The quantitative estimate of drug-likeness (QED) is 0.842. The summed E-state index contributed by atoms with van der Waals surface area (Å²) in [6.45, 7) is 0. The lowest BCUT2D eigenvalue weighted by molar-refractivity contribution is -0.138. The van der Waals surface area contributed by atoms with E-state index < -0.39 is 11.5 Å². The first-order valence-electron chi connectivity index (χ1n) is 6.47. The van der Waals surface area contributed by atoms with Gasteiger partial charge in [-0.2, -0.15) is 0 Å². The first-order valence-corrected chi connectivity index (χ1v) is 6.47. The predicted octanol–water partition coefficient (Wildman–Crippen LogP) is 2.09. The van der Waals surface area contributed by atoms with Crippen molar-refractivity contribution >= 4 is 23.5 Å². The first kappa shape index (κ1) is 13.3. The minimum Gasteiger partial charge on any atom is -0.465 e. The van der Waals surface area contributed by atoms with Crippen molar-refractivity contribution in [3.05, 3.63) is 60.1 Å². The highest BCUT2D eigenvalue weighted by Gasteiger charge is 2.46. The third-order valence-electron chi connectivity index (χ3n) is 3.40. The van der Waals surface area contributed by atoms with Gasteiger partial charge in [-0.1, -0.05) is 18.2 Å². The van der Waals surface area contributed by atoms with Crippen molar-refractivity contribution in [3.63, 3.8) is 0 Å². The number of allylic oxidation sites excluding steroid dienone is 1. The molecule has 5 nitrogen and oxygen atoms in total. The molecule has 2 N–H and O–H groups in total. The number of benzene rings is 1. The molecule has 0 spiro atoms. The van der Waals surface area contributed by atoms with Gasteiger partial charge in [-0.15, -0.1) is 0 Å². The van der Waals surface area contributed by atoms with Crippen molar-refractivity contribution in [2.24, 2.45) is 0 Å². The number of hydrogen-bond acceptors (Lipinski definition) is 4. The van der Waals surface area contributed by atoms with E-state index in [0.29, 0.717) is 17.0 Å². The Balaban J connectivity index is 1.80. The van der Waals surface area contributed by atoms with Crippen molar-refractivity contribution in [1.29, 1.82) is 0 Å². The molecular formula is C16H13NO4. The Morgan fingerprint density at radius 1 is 1.29 bits per heavy atom. The monoisotopic (exact) mass is 283 g/mol. The number of aliphatic hydroxyl groups is 1. The Bertz CT molecular complexity index is 718. The molecular weight excluding hydrogens is 270 g/mol. The van der Waals surface area contributed by atoms with E-state index in [9.17, 15) is 14.7 Å². The van der Waals surface area contributed by atoms with Gasteiger partial charge in [0.1, 0.15) is 5.76 Å². The van der Waals surface area contributed by atoms with Crippen LogP contribution < -0.4 is 5.32 Å². The molecule has 0 aliphatic carbocycles. The van der Waals surface area contributed by atoms with Gasteiger partial charge in [-0.05, 0) is 30.4 Å². The van der Waals surface area contributed by atoms with E-state index in [1.54, 1.807) is 36.4 Å². The summed E-state index contributed by atoms with van der Waals surface area (Å²) in [5.41, 5.74) is -0.858. The molecule has 1 unspecified atom stereocenters. The van der Waals surface area contributed by atoms with Crippen molar-refractivity contribution in [2.45, 2.75) is 12.0 Å². The maximum atomic E-state index is 12.0. The summed E-state index contributed by atoms with van der Waals surface area (Å²) in [5, 5.41) is 13.1. The molecule has 3 rings (SSSR count). The van der Waals surface area contributed by atoms with Gasteiger partial charge >= 0.3 is 0 Å². The highest BCUT2D eigenvalue weighted by Crippen LogP contribution is 2.38. The molecule has 0 radical (unpaired) electrons. The maximum absolute atomic E-state index is 12.0. The molecule has 1 atom stereocenters. The number of carbonyl (C=O) groups is 2. The van der Waals surface area contributed by atoms with Crippen molar-refractivity contribution in [3.8, 4) is 0 Å². The lowest BCUT2D eigenvalue weighted by atomic mass is 9.90. The third kappa shape index (κ3) is 2.39. The van der Waals surface area contributed by atoms with Crippen molar-refractivity contribution in [2.75, 3.05) is 5.32 Å². The summed E-state index contributed by atoms with van der Waals surface area (Å²) < 4.78 is 5.08. The van der Waals surface area contributed by atoms with Crippen LogP contribution in [-0.2, 0) is 15.2 Å². The molecule has 1 aromatic heterocycles. The SMILES string of the molecule is O=C(/C=C/c1ccco1)CC1(O)C(=O)Nc2ccccc21. The van der Waals surface area contributed by atoms with Gasteiger partial charge < -0.3 is 14.8 Å². The highest BCUT2D eigenvalue weighted by molar-refractivity contribution is 6.08. The number of carbonyl (C=O) groups excluding carboxylic acids is 2. The number of ketones is 1.